The normalized spacial score (nSPS) is 24.3. The lowest BCUT2D eigenvalue weighted by atomic mass is 9.97. The van der Waals surface area contributed by atoms with Crippen LogP contribution in [0.4, 0.5) is 0 Å². The van der Waals surface area contributed by atoms with Crippen LogP contribution in [0, 0.1) is 0 Å². The van der Waals surface area contributed by atoms with Crippen molar-refractivity contribution in [3.05, 3.63) is 46.6 Å². The van der Waals surface area contributed by atoms with Gasteiger partial charge in [0.25, 0.3) is 0 Å². The van der Waals surface area contributed by atoms with E-state index in [2.05, 4.69) is 4.74 Å². The van der Waals surface area contributed by atoms with Crippen LogP contribution in [0.3, 0.4) is 0 Å². The van der Waals surface area contributed by atoms with Gasteiger partial charge in [-0.25, -0.2) is 0 Å². The molecule has 2 heterocycles. The Bertz CT molecular complexity index is 1320. The average molecular weight is 490 g/mol. The van der Waals surface area contributed by atoms with E-state index in [1.807, 2.05) is 0 Å². The number of fused-ring (bicyclic) bond motifs is 1. The van der Waals surface area contributed by atoms with Crippen molar-refractivity contribution in [3.8, 4) is 34.3 Å². The molecule has 0 aliphatic carbocycles. The van der Waals surface area contributed by atoms with Crippen LogP contribution in [0.5, 0.6) is 23.0 Å². The van der Waals surface area contributed by atoms with Crippen LogP contribution in [-0.2, 0) is 14.3 Å². The number of carbonyl (C=O) groups is 1. The van der Waals surface area contributed by atoms with E-state index >= 15 is 0 Å². The molecule has 1 aromatic heterocycles. The third-order valence-corrected chi connectivity index (χ3v) is 5.56. The Morgan fingerprint density at radius 3 is 2.37 bits per heavy atom. The number of carbonyl (C=O) groups excluding carboxylic acids is 1. The van der Waals surface area contributed by atoms with Gasteiger partial charge < -0.3 is 49.3 Å². The van der Waals surface area contributed by atoms with Gasteiger partial charge >= 0.3 is 5.97 Å². The highest BCUT2D eigenvalue weighted by Crippen LogP contribution is 2.35. The average Bonchev–Trinajstić information content (AvgIpc) is 2.81. The topological polar surface area (TPSA) is 196 Å². The fourth-order valence-corrected chi connectivity index (χ4v) is 3.69. The number of aliphatic hydroxyl groups is 3. The molecule has 6 N–H and O–H groups in total. The van der Waals surface area contributed by atoms with E-state index in [9.17, 15) is 40.2 Å². The maximum atomic E-state index is 12.6. The highest BCUT2D eigenvalue weighted by Gasteiger charge is 2.45. The minimum absolute atomic E-state index is 0.0139. The zero-order valence-corrected chi connectivity index (χ0v) is 18.2. The minimum atomic E-state index is -1.73. The second kappa shape index (κ2) is 9.43. The molecule has 12 heteroatoms. The molecule has 0 amide bonds. The number of aliphatic hydroxyl groups excluding tert-OH is 3. The van der Waals surface area contributed by atoms with Crippen LogP contribution in [0.1, 0.15) is 6.42 Å². The third-order valence-electron chi connectivity index (χ3n) is 5.56. The van der Waals surface area contributed by atoms with Crippen LogP contribution < -0.4 is 10.2 Å². The maximum absolute atomic E-state index is 12.6. The molecule has 1 fully saturated rings. The molecule has 4 rings (SSSR count). The zero-order chi connectivity index (χ0) is 25.4. The largest absolute Gasteiger partial charge is 0.507 e. The number of rotatable bonds is 5. The van der Waals surface area contributed by atoms with Crippen molar-refractivity contribution < 1.29 is 54.1 Å². The van der Waals surface area contributed by atoms with E-state index in [-0.39, 0.29) is 33.8 Å². The van der Waals surface area contributed by atoms with Gasteiger partial charge in [0, 0.05) is 23.8 Å². The predicted molar refractivity (Wildman–Crippen MR) is 117 cm³/mol. The van der Waals surface area contributed by atoms with Gasteiger partial charge in [-0.05, 0) is 18.2 Å². The summed E-state index contributed by atoms with van der Waals surface area (Å²) in [5.41, 5.74) is -0.463. The number of phenols is 3. The molecule has 0 saturated carbocycles. The van der Waals surface area contributed by atoms with Crippen LogP contribution in [0.2, 0.25) is 0 Å². The minimum Gasteiger partial charge on any atom is -0.507 e. The Hall–Kier alpha value is -3.84. The summed E-state index contributed by atoms with van der Waals surface area (Å²) < 4.78 is 21.2. The van der Waals surface area contributed by atoms with Crippen LogP contribution in [-0.4, -0.2) is 74.4 Å². The number of aromatic hydroxyl groups is 3. The van der Waals surface area contributed by atoms with Crippen molar-refractivity contribution in [3.63, 3.8) is 0 Å². The van der Waals surface area contributed by atoms with Gasteiger partial charge in [0.1, 0.15) is 52.6 Å². The third kappa shape index (κ3) is 4.72. The number of benzene rings is 2. The van der Waals surface area contributed by atoms with E-state index in [1.165, 1.54) is 24.3 Å². The van der Waals surface area contributed by atoms with Gasteiger partial charge in [0.2, 0.25) is 6.29 Å². The molecule has 0 radical (unpaired) electrons. The number of hydrogen-bond donors (Lipinski definition) is 6. The lowest BCUT2D eigenvalue weighted by molar-refractivity contribution is -0.273. The van der Waals surface area contributed by atoms with Crippen molar-refractivity contribution in [1.29, 1.82) is 0 Å². The van der Waals surface area contributed by atoms with Crippen molar-refractivity contribution in [1.82, 2.24) is 0 Å². The molecule has 0 spiro atoms. The van der Waals surface area contributed by atoms with Gasteiger partial charge in [0.15, 0.2) is 16.9 Å². The van der Waals surface area contributed by atoms with Crippen LogP contribution >= 0.6 is 0 Å². The second-order valence-electron chi connectivity index (χ2n) is 7.91. The van der Waals surface area contributed by atoms with Crippen molar-refractivity contribution in [2.45, 2.75) is 37.1 Å². The molecule has 2 aromatic carbocycles. The van der Waals surface area contributed by atoms with Gasteiger partial charge in [-0.2, -0.15) is 0 Å². The molecule has 35 heavy (non-hydrogen) atoms. The first-order valence-electron chi connectivity index (χ1n) is 10.4. The van der Waals surface area contributed by atoms with E-state index < -0.39 is 60.0 Å². The Morgan fingerprint density at radius 2 is 1.69 bits per heavy atom. The lowest BCUT2D eigenvalue weighted by Gasteiger charge is -2.39. The first-order valence-corrected chi connectivity index (χ1v) is 10.4. The molecule has 12 nitrogen and oxygen atoms in total. The van der Waals surface area contributed by atoms with Crippen LogP contribution in [0.25, 0.3) is 22.3 Å². The Morgan fingerprint density at radius 1 is 0.943 bits per heavy atom. The molecular weight excluding hydrogens is 468 g/mol. The van der Waals surface area contributed by atoms with Gasteiger partial charge in [0.05, 0.1) is 13.5 Å². The van der Waals surface area contributed by atoms with E-state index in [0.717, 1.165) is 19.2 Å². The quantitative estimate of drug-likeness (QED) is 0.212. The smallest absolute Gasteiger partial charge is 0.308 e. The lowest BCUT2D eigenvalue weighted by Crippen LogP contribution is -2.59. The summed E-state index contributed by atoms with van der Waals surface area (Å²) in [6.07, 6.45) is -8.30. The number of hydrogen-bond acceptors (Lipinski definition) is 12. The highest BCUT2D eigenvalue weighted by molar-refractivity contribution is 5.86. The predicted octanol–water partition coefficient (Wildman–Crippen LogP) is 0.326. The Labute approximate surface area is 196 Å². The molecule has 1 saturated heterocycles. The molecule has 186 valence electrons. The van der Waals surface area contributed by atoms with E-state index in [0.29, 0.717) is 0 Å². The zero-order valence-electron chi connectivity index (χ0n) is 18.2. The highest BCUT2D eigenvalue weighted by atomic mass is 16.7. The number of methoxy groups -OCH3 is 1. The van der Waals surface area contributed by atoms with Gasteiger partial charge in [-0.3, -0.25) is 9.59 Å². The molecule has 0 bridgehead atoms. The van der Waals surface area contributed by atoms with E-state index in [4.69, 9.17) is 13.9 Å². The number of esters is 1. The summed E-state index contributed by atoms with van der Waals surface area (Å²) in [5, 5.41) is 60.0. The fraction of sp³-hybridized carbons (Fsp3) is 0.304. The van der Waals surface area contributed by atoms with Gasteiger partial charge in [-0.1, -0.05) is 0 Å². The maximum Gasteiger partial charge on any atom is 0.308 e. The number of phenolic OH excluding ortho intramolecular Hbond substituents is 3. The van der Waals surface area contributed by atoms with E-state index in [1.54, 1.807) is 0 Å². The Kier molecular flexibility index (Phi) is 6.54. The van der Waals surface area contributed by atoms with Crippen LogP contribution in [0.15, 0.2) is 45.6 Å². The molecule has 1 aliphatic rings. The fourth-order valence-electron chi connectivity index (χ4n) is 3.69. The molecular formula is C23H22O12. The second-order valence-corrected chi connectivity index (χ2v) is 7.91. The summed E-state index contributed by atoms with van der Waals surface area (Å²) in [6, 6.07) is 7.17. The summed E-state index contributed by atoms with van der Waals surface area (Å²) in [4.78, 5) is 24.2. The Balaban J connectivity index is 1.68. The summed E-state index contributed by atoms with van der Waals surface area (Å²) in [5.74, 6) is -2.16. The molecule has 3 aromatic rings. The molecule has 0 unspecified atom stereocenters. The SMILES string of the molecule is COC(=O)C[C@H]1O[C@@H](Oc2cc(O)c3c(=O)cc(-c4ccc(O)c(O)c4)oc3c2)[C@H](O)[C@@H](O)[C@@H]1O. The first-order chi connectivity index (χ1) is 16.6. The standard InChI is InChI=1S/C23H22O12/c1-32-18(28)8-17-20(29)21(30)22(31)23(35-17)33-10-5-13(26)19-14(27)7-15(34-16(19)6-10)9-2-3-11(24)12(25)4-9/h2-7,17,20-26,29-31H,8H2,1H3/t17-,20-,21+,22-,23-/m1/s1. The van der Waals surface area contributed by atoms with Crippen molar-refractivity contribution in [2.24, 2.45) is 0 Å². The molecule has 5 atom stereocenters. The monoisotopic (exact) mass is 490 g/mol. The first kappa shape index (κ1) is 24.3. The number of ether oxygens (including phenoxy) is 3. The van der Waals surface area contributed by atoms with Crippen molar-refractivity contribution >= 4 is 16.9 Å². The summed E-state index contributed by atoms with van der Waals surface area (Å²) >= 11 is 0. The summed E-state index contributed by atoms with van der Waals surface area (Å²) in [7, 11) is 1.14. The summed E-state index contributed by atoms with van der Waals surface area (Å²) in [6.45, 7) is 0. The van der Waals surface area contributed by atoms with Gasteiger partial charge in [-0.15, -0.1) is 0 Å². The van der Waals surface area contributed by atoms with Crippen molar-refractivity contribution in [2.75, 3.05) is 7.11 Å². The molecule has 1 aliphatic heterocycles.